The maximum Gasteiger partial charge on any atom is 0.311 e. The standard InChI is InChI=1S/C25H25NO3/c1-17(25(28)26-23-15-7-11-19-9-3-5-14-22(19)23)29-24(27)16-20-12-6-10-18-8-2-4-13-21(18)20/h2-6,8-10,12-14,17,23H,7,11,15-16H2,1H3,(H,26,28)/t17-,23-/m0/s1. The van der Waals surface area contributed by atoms with Gasteiger partial charge in [0.25, 0.3) is 5.91 Å². The number of benzene rings is 3. The van der Waals surface area contributed by atoms with Gasteiger partial charge < -0.3 is 10.1 Å². The molecule has 2 atom stereocenters. The molecule has 0 spiro atoms. The summed E-state index contributed by atoms with van der Waals surface area (Å²) < 4.78 is 5.44. The van der Waals surface area contributed by atoms with Crippen molar-refractivity contribution in [2.45, 2.75) is 44.8 Å². The summed E-state index contributed by atoms with van der Waals surface area (Å²) in [5, 5.41) is 5.17. The number of ether oxygens (including phenoxy) is 1. The molecule has 0 heterocycles. The van der Waals surface area contributed by atoms with E-state index in [2.05, 4.69) is 17.4 Å². The summed E-state index contributed by atoms with van der Waals surface area (Å²) in [6.45, 7) is 1.63. The van der Waals surface area contributed by atoms with Crippen molar-refractivity contribution in [3.63, 3.8) is 0 Å². The van der Waals surface area contributed by atoms with E-state index in [0.29, 0.717) is 0 Å². The molecule has 3 aromatic rings. The summed E-state index contributed by atoms with van der Waals surface area (Å²) in [5.41, 5.74) is 3.35. The SMILES string of the molecule is C[C@H](OC(=O)Cc1cccc2ccccc12)C(=O)N[C@H]1CCCc2ccccc21. The number of carbonyl (C=O) groups is 2. The Morgan fingerprint density at radius 3 is 2.69 bits per heavy atom. The highest BCUT2D eigenvalue weighted by molar-refractivity contribution is 5.90. The van der Waals surface area contributed by atoms with Crippen LogP contribution < -0.4 is 5.32 Å². The Morgan fingerprint density at radius 2 is 1.79 bits per heavy atom. The molecule has 29 heavy (non-hydrogen) atoms. The van der Waals surface area contributed by atoms with Gasteiger partial charge in [0.2, 0.25) is 0 Å². The molecule has 1 amide bonds. The smallest absolute Gasteiger partial charge is 0.311 e. The van der Waals surface area contributed by atoms with Crippen LogP contribution in [0, 0.1) is 0 Å². The molecule has 4 heteroatoms. The molecule has 0 aliphatic heterocycles. The molecule has 0 aromatic heterocycles. The first-order chi connectivity index (χ1) is 14.1. The molecule has 1 N–H and O–H groups in total. The van der Waals surface area contributed by atoms with Crippen molar-refractivity contribution in [1.82, 2.24) is 5.32 Å². The zero-order valence-corrected chi connectivity index (χ0v) is 16.6. The van der Waals surface area contributed by atoms with E-state index < -0.39 is 12.1 Å². The topological polar surface area (TPSA) is 55.4 Å². The van der Waals surface area contributed by atoms with Gasteiger partial charge in [0.1, 0.15) is 0 Å². The average Bonchev–Trinajstić information content (AvgIpc) is 2.74. The fourth-order valence-corrected chi connectivity index (χ4v) is 4.09. The molecule has 0 fully saturated rings. The van der Waals surface area contributed by atoms with E-state index in [0.717, 1.165) is 35.6 Å². The number of hydrogen-bond donors (Lipinski definition) is 1. The minimum atomic E-state index is -0.827. The minimum absolute atomic E-state index is 0.0216. The Balaban J connectivity index is 1.38. The van der Waals surface area contributed by atoms with Crippen LogP contribution in [-0.4, -0.2) is 18.0 Å². The predicted octanol–water partition coefficient (Wildman–Crippen LogP) is 4.51. The summed E-state index contributed by atoms with van der Waals surface area (Å²) >= 11 is 0. The molecule has 1 aliphatic carbocycles. The average molecular weight is 387 g/mol. The number of aryl methyl sites for hydroxylation is 1. The van der Waals surface area contributed by atoms with Crippen molar-refractivity contribution in [2.75, 3.05) is 0 Å². The van der Waals surface area contributed by atoms with Gasteiger partial charge in [0, 0.05) is 0 Å². The summed E-state index contributed by atoms with van der Waals surface area (Å²) in [6, 6.07) is 22.0. The molecule has 4 rings (SSSR count). The number of amides is 1. The van der Waals surface area contributed by atoms with E-state index in [-0.39, 0.29) is 18.4 Å². The number of fused-ring (bicyclic) bond motifs is 2. The van der Waals surface area contributed by atoms with E-state index in [1.165, 1.54) is 11.1 Å². The molecular weight excluding hydrogens is 362 g/mol. The summed E-state index contributed by atoms with van der Waals surface area (Å²) in [4.78, 5) is 25.1. The van der Waals surface area contributed by atoms with Crippen LogP contribution >= 0.6 is 0 Å². The van der Waals surface area contributed by atoms with Crippen molar-refractivity contribution in [2.24, 2.45) is 0 Å². The third kappa shape index (κ3) is 4.32. The quantitative estimate of drug-likeness (QED) is 0.656. The number of rotatable bonds is 5. The molecule has 0 radical (unpaired) electrons. The third-order valence-corrected chi connectivity index (χ3v) is 5.58. The Labute approximate surface area is 170 Å². The first kappa shape index (κ1) is 19.2. The lowest BCUT2D eigenvalue weighted by atomic mass is 9.87. The van der Waals surface area contributed by atoms with Crippen LogP contribution in [-0.2, 0) is 27.2 Å². The Bertz CT molecular complexity index is 1040. The largest absolute Gasteiger partial charge is 0.452 e. The van der Waals surface area contributed by atoms with Crippen molar-refractivity contribution >= 4 is 22.6 Å². The normalized spacial score (nSPS) is 16.7. The highest BCUT2D eigenvalue weighted by Crippen LogP contribution is 2.29. The number of carbonyl (C=O) groups excluding carboxylic acids is 2. The minimum Gasteiger partial charge on any atom is -0.452 e. The Kier molecular flexibility index (Phi) is 5.61. The molecule has 148 valence electrons. The first-order valence-corrected chi connectivity index (χ1v) is 10.2. The van der Waals surface area contributed by atoms with Gasteiger partial charge in [-0.25, -0.2) is 0 Å². The van der Waals surface area contributed by atoms with E-state index >= 15 is 0 Å². The fraction of sp³-hybridized carbons (Fsp3) is 0.280. The highest BCUT2D eigenvalue weighted by Gasteiger charge is 2.25. The predicted molar refractivity (Wildman–Crippen MR) is 113 cm³/mol. The lowest BCUT2D eigenvalue weighted by Crippen LogP contribution is -2.39. The molecule has 0 saturated heterocycles. The van der Waals surface area contributed by atoms with Crippen LogP contribution in [0.3, 0.4) is 0 Å². The molecule has 1 aliphatic rings. The van der Waals surface area contributed by atoms with Gasteiger partial charge in [-0.2, -0.15) is 0 Å². The van der Waals surface area contributed by atoms with Crippen molar-refractivity contribution < 1.29 is 14.3 Å². The zero-order chi connectivity index (χ0) is 20.2. The van der Waals surface area contributed by atoms with Crippen LogP contribution in [0.2, 0.25) is 0 Å². The second kappa shape index (κ2) is 8.48. The van der Waals surface area contributed by atoms with Crippen molar-refractivity contribution in [3.8, 4) is 0 Å². The van der Waals surface area contributed by atoms with Gasteiger partial charge in [0.05, 0.1) is 12.5 Å². The van der Waals surface area contributed by atoms with Crippen LogP contribution in [0.1, 0.15) is 42.5 Å². The van der Waals surface area contributed by atoms with Gasteiger partial charge in [-0.15, -0.1) is 0 Å². The summed E-state index contributed by atoms with van der Waals surface area (Å²) in [7, 11) is 0. The van der Waals surface area contributed by atoms with Crippen LogP contribution in [0.25, 0.3) is 10.8 Å². The molecule has 4 nitrogen and oxygen atoms in total. The van der Waals surface area contributed by atoms with Crippen molar-refractivity contribution in [3.05, 3.63) is 83.4 Å². The maximum absolute atomic E-state index is 12.6. The second-order valence-corrected chi connectivity index (χ2v) is 7.60. The maximum atomic E-state index is 12.6. The number of nitrogens with one attached hydrogen (secondary N) is 1. The second-order valence-electron chi connectivity index (χ2n) is 7.60. The van der Waals surface area contributed by atoms with Gasteiger partial charge in [0.15, 0.2) is 6.10 Å². The molecular formula is C25H25NO3. The summed E-state index contributed by atoms with van der Waals surface area (Å²) in [6.07, 6.45) is 2.30. The fourth-order valence-electron chi connectivity index (χ4n) is 4.09. The van der Waals surface area contributed by atoms with Gasteiger partial charge in [-0.05, 0) is 53.6 Å². The van der Waals surface area contributed by atoms with Crippen LogP contribution in [0.15, 0.2) is 66.7 Å². The molecule has 0 bridgehead atoms. The Morgan fingerprint density at radius 1 is 1.03 bits per heavy atom. The van der Waals surface area contributed by atoms with Crippen LogP contribution in [0.5, 0.6) is 0 Å². The Hall–Kier alpha value is -3.14. The van der Waals surface area contributed by atoms with Gasteiger partial charge >= 0.3 is 5.97 Å². The third-order valence-electron chi connectivity index (χ3n) is 5.58. The molecule has 0 unspecified atom stereocenters. The summed E-state index contributed by atoms with van der Waals surface area (Å²) in [5.74, 6) is -0.647. The van der Waals surface area contributed by atoms with Gasteiger partial charge in [-0.1, -0.05) is 66.7 Å². The van der Waals surface area contributed by atoms with Crippen molar-refractivity contribution in [1.29, 1.82) is 0 Å². The zero-order valence-electron chi connectivity index (χ0n) is 16.6. The first-order valence-electron chi connectivity index (χ1n) is 10.2. The molecule has 3 aromatic carbocycles. The number of hydrogen-bond acceptors (Lipinski definition) is 3. The van der Waals surface area contributed by atoms with E-state index in [4.69, 9.17) is 4.74 Å². The van der Waals surface area contributed by atoms with E-state index in [1.807, 2.05) is 54.6 Å². The lowest BCUT2D eigenvalue weighted by molar-refractivity contribution is -0.154. The number of esters is 1. The van der Waals surface area contributed by atoms with Gasteiger partial charge in [-0.3, -0.25) is 9.59 Å². The molecule has 0 saturated carbocycles. The van der Waals surface area contributed by atoms with E-state index in [9.17, 15) is 9.59 Å². The van der Waals surface area contributed by atoms with E-state index in [1.54, 1.807) is 6.92 Å². The monoisotopic (exact) mass is 387 g/mol. The van der Waals surface area contributed by atoms with Crippen LogP contribution in [0.4, 0.5) is 0 Å². The highest BCUT2D eigenvalue weighted by atomic mass is 16.5. The lowest BCUT2D eigenvalue weighted by Gasteiger charge is -2.27.